The molecule has 0 aliphatic rings. The van der Waals surface area contributed by atoms with Gasteiger partial charge in [0.05, 0.1) is 5.69 Å². The summed E-state index contributed by atoms with van der Waals surface area (Å²) < 4.78 is 2.75. The van der Waals surface area contributed by atoms with Crippen molar-refractivity contribution in [2.75, 3.05) is 0 Å². The molecule has 0 fully saturated rings. The largest absolute Gasteiger partial charge is 0.269 e. The Morgan fingerprint density at radius 1 is 1.33 bits per heavy atom. The molecule has 0 aliphatic carbocycles. The lowest BCUT2D eigenvalue weighted by Crippen LogP contribution is -2.14. The monoisotopic (exact) mass is 380 g/mol. The van der Waals surface area contributed by atoms with Crippen LogP contribution in [0.3, 0.4) is 0 Å². The molecule has 0 atom stereocenters. The summed E-state index contributed by atoms with van der Waals surface area (Å²) in [6.45, 7) is 1.92. The second-order valence-corrected chi connectivity index (χ2v) is 7.44. The maximum Gasteiger partial charge on any atom is 0.258 e. The van der Waals surface area contributed by atoms with Crippen LogP contribution in [0.1, 0.15) is 17.0 Å². The molecule has 0 amide bonds. The maximum absolute atomic E-state index is 12.1. The normalized spacial score (nSPS) is 11.1. The molecule has 0 spiro atoms. The molecule has 6 heteroatoms. The third-order valence-corrected chi connectivity index (χ3v) is 5.51. The highest BCUT2D eigenvalue weighted by atomic mass is 79.9. The van der Waals surface area contributed by atoms with Gasteiger partial charge in [-0.15, -0.1) is 11.3 Å². The molecule has 21 heavy (non-hydrogen) atoms. The van der Waals surface area contributed by atoms with Gasteiger partial charge in [-0.3, -0.25) is 9.20 Å². The highest BCUT2D eigenvalue weighted by molar-refractivity contribution is 9.10. The summed E-state index contributed by atoms with van der Waals surface area (Å²) in [7, 11) is 0. The Balaban J connectivity index is 1.72. The van der Waals surface area contributed by atoms with Gasteiger partial charge in [0.15, 0.2) is 4.96 Å². The zero-order chi connectivity index (χ0) is 14.8. The summed E-state index contributed by atoms with van der Waals surface area (Å²) in [6, 6.07) is 9.91. The minimum atomic E-state index is 0.0109. The number of fused-ring (bicyclic) bond motifs is 1. The van der Waals surface area contributed by atoms with Crippen LogP contribution in [0.2, 0.25) is 0 Å². The SMILES string of the molecule is Cc1csc2nc(CSCc3cccc(Br)c3)cc(=O)n12. The summed E-state index contributed by atoms with van der Waals surface area (Å²) in [6.07, 6.45) is 0. The van der Waals surface area contributed by atoms with Gasteiger partial charge in [-0.1, -0.05) is 28.1 Å². The van der Waals surface area contributed by atoms with Crippen molar-refractivity contribution in [3.8, 4) is 0 Å². The third-order valence-electron chi connectivity index (χ3n) is 3.04. The van der Waals surface area contributed by atoms with Crippen LogP contribution in [0.5, 0.6) is 0 Å². The van der Waals surface area contributed by atoms with E-state index < -0.39 is 0 Å². The van der Waals surface area contributed by atoms with E-state index in [0.717, 1.165) is 32.3 Å². The fraction of sp³-hybridized carbons (Fsp3) is 0.200. The topological polar surface area (TPSA) is 34.4 Å². The number of thioether (sulfide) groups is 1. The van der Waals surface area contributed by atoms with Crippen molar-refractivity contribution in [1.82, 2.24) is 9.38 Å². The van der Waals surface area contributed by atoms with Gasteiger partial charge in [0, 0.05) is 33.1 Å². The molecule has 3 nitrogen and oxygen atoms in total. The lowest BCUT2D eigenvalue weighted by Gasteiger charge is -2.03. The number of benzene rings is 1. The van der Waals surface area contributed by atoms with E-state index in [2.05, 4.69) is 33.0 Å². The Hall–Kier alpha value is -1.11. The second-order valence-electron chi connectivity index (χ2n) is 4.70. The molecule has 1 aromatic carbocycles. The van der Waals surface area contributed by atoms with Gasteiger partial charge < -0.3 is 0 Å². The van der Waals surface area contributed by atoms with E-state index in [-0.39, 0.29) is 5.56 Å². The van der Waals surface area contributed by atoms with Crippen molar-refractivity contribution < 1.29 is 0 Å². The Morgan fingerprint density at radius 2 is 2.19 bits per heavy atom. The molecule has 0 unspecified atom stereocenters. The van der Waals surface area contributed by atoms with Crippen molar-refractivity contribution in [2.24, 2.45) is 0 Å². The van der Waals surface area contributed by atoms with Crippen LogP contribution in [0.4, 0.5) is 0 Å². The van der Waals surface area contributed by atoms with Gasteiger partial charge in [0.25, 0.3) is 5.56 Å². The molecule has 3 aromatic rings. The van der Waals surface area contributed by atoms with Crippen LogP contribution in [0.15, 0.2) is 45.0 Å². The van der Waals surface area contributed by atoms with E-state index in [1.807, 2.05) is 24.4 Å². The average Bonchev–Trinajstić information content (AvgIpc) is 2.81. The lowest BCUT2D eigenvalue weighted by atomic mass is 10.2. The van der Waals surface area contributed by atoms with Gasteiger partial charge in [-0.25, -0.2) is 4.98 Å². The van der Waals surface area contributed by atoms with E-state index in [4.69, 9.17) is 0 Å². The third kappa shape index (κ3) is 3.39. The van der Waals surface area contributed by atoms with Crippen LogP contribution in [-0.2, 0) is 11.5 Å². The molecule has 0 saturated heterocycles. The Bertz CT molecular complexity index is 841. The van der Waals surface area contributed by atoms with Gasteiger partial charge in [0.2, 0.25) is 0 Å². The van der Waals surface area contributed by atoms with Gasteiger partial charge in [-0.2, -0.15) is 11.8 Å². The van der Waals surface area contributed by atoms with E-state index in [9.17, 15) is 4.79 Å². The van der Waals surface area contributed by atoms with Crippen LogP contribution in [0.25, 0.3) is 4.96 Å². The van der Waals surface area contributed by atoms with Crippen LogP contribution in [-0.4, -0.2) is 9.38 Å². The summed E-state index contributed by atoms with van der Waals surface area (Å²) in [5.41, 5.74) is 3.07. The highest BCUT2D eigenvalue weighted by Gasteiger charge is 2.06. The summed E-state index contributed by atoms with van der Waals surface area (Å²) in [4.78, 5) is 17.4. The number of nitrogens with zero attached hydrogens (tertiary/aromatic N) is 2. The molecular weight excluding hydrogens is 368 g/mol. The van der Waals surface area contributed by atoms with Gasteiger partial charge in [-0.05, 0) is 24.6 Å². The number of hydrogen-bond donors (Lipinski definition) is 0. The zero-order valence-electron chi connectivity index (χ0n) is 11.4. The molecule has 108 valence electrons. The molecule has 0 N–H and O–H groups in total. The first-order valence-electron chi connectivity index (χ1n) is 6.42. The molecule has 0 radical (unpaired) electrons. The maximum atomic E-state index is 12.1. The van der Waals surface area contributed by atoms with Crippen LogP contribution < -0.4 is 5.56 Å². The highest BCUT2D eigenvalue weighted by Crippen LogP contribution is 2.20. The Morgan fingerprint density at radius 3 is 3.00 bits per heavy atom. The second kappa shape index (κ2) is 6.34. The molecule has 0 aliphatic heterocycles. The van der Waals surface area contributed by atoms with Crippen molar-refractivity contribution in [1.29, 1.82) is 0 Å². The first-order valence-corrected chi connectivity index (χ1v) is 9.25. The van der Waals surface area contributed by atoms with E-state index in [0.29, 0.717) is 0 Å². The molecule has 2 aromatic heterocycles. The fourth-order valence-corrected chi connectivity index (χ4v) is 4.29. The zero-order valence-corrected chi connectivity index (χ0v) is 14.6. The van der Waals surface area contributed by atoms with Crippen molar-refractivity contribution in [3.05, 3.63) is 67.5 Å². The van der Waals surface area contributed by atoms with E-state index >= 15 is 0 Å². The predicted octanol–water partition coefficient (Wildman–Crippen LogP) is 4.26. The van der Waals surface area contributed by atoms with Crippen molar-refractivity contribution >= 4 is 44.0 Å². The Kier molecular flexibility index (Phi) is 4.47. The van der Waals surface area contributed by atoms with Crippen molar-refractivity contribution in [2.45, 2.75) is 18.4 Å². The predicted molar refractivity (Wildman–Crippen MR) is 93.2 cm³/mol. The minimum Gasteiger partial charge on any atom is -0.269 e. The van der Waals surface area contributed by atoms with Gasteiger partial charge in [0.1, 0.15) is 0 Å². The van der Waals surface area contributed by atoms with Crippen LogP contribution >= 0.6 is 39.0 Å². The number of thiazole rings is 1. The Labute approximate surface area is 139 Å². The first-order chi connectivity index (χ1) is 10.1. The van der Waals surface area contributed by atoms with Crippen LogP contribution in [0, 0.1) is 6.92 Å². The number of halogens is 1. The quantitative estimate of drug-likeness (QED) is 0.677. The molecule has 2 heterocycles. The molecule has 0 saturated carbocycles. The summed E-state index contributed by atoms with van der Waals surface area (Å²) in [5.74, 6) is 1.65. The van der Waals surface area contributed by atoms with Gasteiger partial charge >= 0.3 is 0 Å². The smallest absolute Gasteiger partial charge is 0.258 e. The molecule has 0 bridgehead atoms. The van der Waals surface area contributed by atoms with E-state index in [1.54, 1.807) is 22.2 Å². The summed E-state index contributed by atoms with van der Waals surface area (Å²) in [5, 5.41) is 1.96. The summed E-state index contributed by atoms with van der Waals surface area (Å²) >= 11 is 6.75. The average molecular weight is 381 g/mol. The number of aromatic nitrogens is 2. The standard InChI is InChI=1S/C15H13BrN2OS2/c1-10-7-21-15-17-13(6-14(19)18(10)15)9-20-8-11-3-2-4-12(16)5-11/h2-7H,8-9H2,1H3. The first kappa shape index (κ1) is 14.8. The number of hydrogen-bond acceptors (Lipinski definition) is 4. The van der Waals surface area contributed by atoms with E-state index in [1.165, 1.54) is 16.9 Å². The number of aryl methyl sites for hydroxylation is 1. The fourth-order valence-electron chi connectivity index (χ4n) is 2.08. The number of rotatable bonds is 4. The lowest BCUT2D eigenvalue weighted by molar-refractivity contribution is 0.997. The van der Waals surface area contributed by atoms with Crippen molar-refractivity contribution in [3.63, 3.8) is 0 Å². The molecule has 3 rings (SSSR count). The molecular formula is C15H13BrN2OS2. The minimum absolute atomic E-state index is 0.0109.